The molecule has 1 unspecified atom stereocenters. The summed E-state index contributed by atoms with van der Waals surface area (Å²) < 4.78 is 0. The Balaban J connectivity index is 2.02. The fraction of sp³-hybridized carbons (Fsp3) is 0.571. The number of hydrogen-bond acceptors (Lipinski definition) is 3. The molecule has 3 N–H and O–H groups in total. The quantitative estimate of drug-likeness (QED) is 0.841. The third kappa shape index (κ3) is 2.99. The van der Waals surface area contributed by atoms with E-state index in [0.717, 1.165) is 32.4 Å². The fourth-order valence-electron chi connectivity index (χ4n) is 2.29. The molecule has 1 atom stereocenters. The molecule has 3 heteroatoms. The molecule has 1 heterocycles. The summed E-state index contributed by atoms with van der Waals surface area (Å²) in [5.41, 5.74) is 8.44. The van der Waals surface area contributed by atoms with Crippen molar-refractivity contribution in [2.24, 2.45) is 5.73 Å². The molecule has 1 saturated heterocycles. The zero-order valence-electron chi connectivity index (χ0n) is 10.5. The highest BCUT2D eigenvalue weighted by Crippen LogP contribution is 2.22. The molecule has 0 aliphatic carbocycles. The molecule has 0 bridgehead atoms. The topological polar surface area (TPSA) is 49.5 Å². The molecule has 1 aromatic rings. The number of aliphatic hydroxyl groups is 1. The number of piperidine rings is 1. The number of rotatable bonds is 3. The third-order valence-electron chi connectivity index (χ3n) is 3.59. The van der Waals surface area contributed by atoms with E-state index in [4.69, 9.17) is 5.73 Å². The normalized spacial score (nSPS) is 19.4. The molecular weight excluding hydrogens is 212 g/mol. The summed E-state index contributed by atoms with van der Waals surface area (Å²) >= 11 is 0. The second kappa shape index (κ2) is 5.52. The molecule has 1 aromatic carbocycles. The predicted octanol–water partition coefficient (Wildman–Crippen LogP) is 2.06. The predicted molar refractivity (Wildman–Crippen MR) is 71.1 cm³/mol. The Labute approximate surface area is 103 Å². The van der Waals surface area contributed by atoms with Crippen LogP contribution < -0.4 is 10.6 Å². The van der Waals surface area contributed by atoms with E-state index in [1.54, 1.807) is 0 Å². The molecular formula is C14H22N2O. The first-order valence-corrected chi connectivity index (χ1v) is 6.49. The van der Waals surface area contributed by atoms with Gasteiger partial charge in [-0.3, -0.25) is 0 Å². The second-order valence-electron chi connectivity index (χ2n) is 4.82. The van der Waals surface area contributed by atoms with Crippen molar-refractivity contribution in [3.05, 3.63) is 29.8 Å². The standard InChI is InChI=1S/C14H22N2O/c1-2-14(15)11-3-5-12(6-4-11)16-9-7-13(17)8-10-16/h3-6,13-14,17H,2,7-10,15H2,1H3. The van der Waals surface area contributed by atoms with Crippen LogP contribution >= 0.6 is 0 Å². The third-order valence-corrected chi connectivity index (χ3v) is 3.59. The van der Waals surface area contributed by atoms with Gasteiger partial charge in [-0.1, -0.05) is 19.1 Å². The highest BCUT2D eigenvalue weighted by molar-refractivity contribution is 5.48. The Bertz CT molecular complexity index is 342. The summed E-state index contributed by atoms with van der Waals surface area (Å²) in [6.07, 6.45) is 2.60. The molecule has 0 aromatic heterocycles. The minimum atomic E-state index is -0.112. The monoisotopic (exact) mass is 234 g/mol. The zero-order chi connectivity index (χ0) is 12.3. The van der Waals surface area contributed by atoms with Crippen molar-refractivity contribution in [1.82, 2.24) is 0 Å². The van der Waals surface area contributed by atoms with Crippen molar-refractivity contribution in [3.8, 4) is 0 Å². The lowest BCUT2D eigenvalue weighted by Crippen LogP contribution is -2.35. The van der Waals surface area contributed by atoms with Crippen molar-refractivity contribution in [2.45, 2.75) is 38.3 Å². The molecule has 1 aliphatic heterocycles. The molecule has 0 spiro atoms. The molecule has 1 fully saturated rings. The number of hydrogen-bond donors (Lipinski definition) is 2. The summed E-state index contributed by atoms with van der Waals surface area (Å²) in [6, 6.07) is 8.67. The highest BCUT2D eigenvalue weighted by Gasteiger charge is 2.17. The summed E-state index contributed by atoms with van der Waals surface area (Å²) in [7, 11) is 0. The van der Waals surface area contributed by atoms with Crippen LogP contribution in [-0.2, 0) is 0 Å². The van der Waals surface area contributed by atoms with Crippen molar-refractivity contribution < 1.29 is 5.11 Å². The van der Waals surface area contributed by atoms with E-state index in [-0.39, 0.29) is 12.1 Å². The van der Waals surface area contributed by atoms with Gasteiger partial charge in [0.15, 0.2) is 0 Å². The number of nitrogens with two attached hydrogens (primary N) is 1. The molecule has 17 heavy (non-hydrogen) atoms. The maximum atomic E-state index is 9.48. The van der Waals surface area contributed by atoms with E-state index in [2.05, 4.69) is 36.1 Å². The van der Waals surface area contributed by atoms with E-state index in [1.165, 1.54) is 11.3 Å². The first-order chi connectivity index (χ1) is 8.20. The van der Waals surface area contributed by atoms with E-state index >= 15 is 0 Å². The Morgan fingerprint density at radius 1 is 1.29 bits per heavy atom. The van der Waals surface area contributed by atoms with Crippen molar-refractivity contribution in [2.75, 3.05) is 18.0 Å². The zero-order valence-corrected chi connectivity index (χ0v) is 10.5. The summed E-state index contributed by atoms with van der Waals surface area (Å²) in [5.74, 6) is 0. The molecule has 1 aliphatic rings. The maximum Gasteiger partial charge on any atom is 0.0574 e. The van der Waals surface area contributed by atoms with Gasteiger partial charge in [-0.05, 0) is 37.0 Å². The minimum absolute atomic E-state index is 0.112. The molecule has 3 nitrogen and oxygen atoms in total. The van der Waals surface area contributed by atoms with Crippen molar-refractivity contribution in [3.63, 3.8) is 0 Å². The van der Waals surface area contributed by atoms with Crippen LogP contribution in [0.3, 0.4) is 0 Å². The van der Waals surface area contributed by atoms with E-state index in [0.29, 0.717) is 0 Å². The minimum Gasteiger partial charge on any atom is -0.393 e. The average molecular weight is 234 g/mol. The SMILES string of the molecule is CCC(N)c1ccc(N2CCC(O)CC2)cc1. The molecule has 0 amide bonds. The highest BCUT2D eigenvalue weighted by atomic mass is 16.3. The number of aliphatic hydroxyl groups excluding tert-OH is 1. The lowest BCUT2D eigenvalue weighted by Gasteiger charge is -2.31. The van der Waals surface area contributed by atoms with Gasteiger partial charge in [0.05, 0.1) is 6.10 Å². The van der Waals surface area contributed by atoms with Crippen LogP contribution in [0.1, 0.15) is 37.8 Å². The first kappa shape index (κ1) is 12.4. The van der Waals surface area contributed by atoms with Gasteiger partial charge in [0, 0.05) is 24.8 Å². The van der Waals surface area contributed by atoms with Gasteiger partial charge in [0.25, 0.3) is 0 Å². The van der Waals surface area contributed by atoms with Gasteiger partial charge in [-0.15, -0.1) is 0 Å². The lowest BCUT2D eigenvalue weighted by molar-refractivity contribution is 0.145. The maximum absolute atomic E-state index is 9.48. The Morgan fingerprint density at radius 2 is 1.88 bits per heavy atom. The number of anilines is 1. The smallest absolute Gasteiger partial charge is 0.0574 e. The summed E-state index contributed by atoms with van der Waals surface area (Å²) in [5, 5.41) is 9.48. The largest absolute Gasteiger partial charge is 0.393 e. The van der Waals surface area contributed by atoms with Gasteiger partial charge < -0.3 is 15.7 Å². The number of nitrogens with zero attached hydrogens (tertiary/aromatic N) is 1. The Morgan fingerprint density at radius 3 is 2.41 bits per heavy atom. The first-order valence-electron chi connectivity index (χ1n) is 6.49. The van der Waals surface area contributed by atoms with Crippen LogP contribution in [-0.4, -0.2) is 24.3 Å². The van der Waals surface area contributed by atoms with Crippen LogP contribution in [0.15, 0.2) is 24.3 Å². The molecule has 0 radical (unpaired) electrons. The van der Waals surface area contributed by atoms with Gasteiger partial charge in [0.1, 0.15) is 0 Å². The van der Waals surface area contributed by atoms with Crippen molar-refractivity contribution in [1.29, 1.82) is 0 Å². The molecule has 94 valence electrons. The van der Waals surface area contributed by atoms with Gasteiger partial charge in [-0.25, -0.2) is 0 Å². The molecule has 2 rings (SSSR count). The number of benzene rings is 1. The van der Waals surface area contributed by atoms with Crippen LogP contribution in [0.2, 0.25) is 0 Å². The van der Waals surface area contributed by atoms with Crippen LogP contribution in [0, 0.1) is 0 Å². The Kier molecular flexibility index (Phi) is 4.02. The average Bonchev–Trinajstić information content (AvgIpc) is 2.39. The summed E-state index contributed by atoms with van der Waals surface area (Å²) in [4.78, 5) is 2.33. The van der Waals surface area contributed by atoms with E-state index < -0.39 is 0 Å². The van der Waals surface area contributed by atoms with Gasteiger partial charge in [0.2, 0.25) is 0 Å². The summed E-state index contributed by atoms with van der Waals surface area (Å²) in [6.45, 7) is 3.99. The second-order valence-corrected chi connectivity index (χ2v) is 4.82. The van der Waals surface area contributed by atoms with Crippen LogP contribution in [0.5, 0.6) is 0 Å². The van der Waals surface area contributed by atoms with Crippen molar-refractivity contribution >= 4 is 5.69 Å². The van der Waals surface area contributed by atoms with E-state index in [1.807, 2.05) is 0 Å². The van der Waals surface area contributed by atoms with E-state index in [9.17, 15) is 5.11 Å². The molecule has 0 saturated carbocycles. The van der Waals surface area contributed by atoms with Gasteiger partial charge >= 0.3 is 0 Å². The Hall–Kier alpha value is -1.06. The van der Waals surface area contributed by atoms with Gasteiger partial charge in [-0.2, -0.15) is 0 Å². The van der Waals surface area contributed by atoms with Crippen LogP contribution in [0.25, 0.3) is 0 Å². The fourth-order valence-corrected chi connectivity index (χ4v) is 2.29. The lowest BCUT2D eigenvalue weighted by atomic mass is 10.0. The van der Waals surface area contributed by atoms with Crippen LogP contribution in [0.4, 0.5) is 5.69 Å².